The van der Waals surface area contributed by atoms with Gasteiger partial charge in [-0.3, -0.25) is 4.79 Å². The van der Waals surface area contributed by atoms with Gasteiger partial charge in [-0.2, -0.15) is 0 Å². The van der Waals surface area contributed by atoms with Crippen LogP contribution in [-0.4, -0.2) is 33.9 Å². The molecule has 1 heterocycles. The van der Waals surface area contributed by atoms with Crippen LogP contribution in [0.15, 0.2) is 52.1 Å². The lowest BCUT2D eigenvalue weighted by Crippen LogP contribution is -2.15. The van der Waals surface area contributed by atoms with Crippen molar-refractivity contribution in [3.8, 4) is 0 Å². The molecule has 2 aromatic carbocycles. The summed E-state index contributed by atoms with van der Waals surface area (Å²) < 4.78 is 10.8. The van der Waals surface area contributed by atoms with Crippen LogP contribution in [0.1, 0.15) is 46.8 Å². The molecule has 3 aromatic rings. The summed E-state index contributed by atoms with van der Waals surface area (Å²) in [6.45, 7) is 7.70. The largest absolute Gasteiger partial charge is 0.459 e. The lowest BCUT2D eigenvalue weighted by atomic mass is 10.0. The topological polar surface area (TPSA) is 94.3 Å². The van der Waals surface area contributed by atoms with Gasteiger partial charge >= 0.3 is 5.97 Å². The number of amides is 1. The number of hydrogen-bond donors (Lipinski definition) is 1. The normalized spacial score (nSPS) is 10.9. The fourth-order valence-corrected chi connectivity index (χ4v) is 3.37. The van der Waals surface area contributed by atoms with Gasteiger partial charge in [0.1, 0.15) is 0 Å². The highest BCUT2D eigenvalue weighted by Gasteiger charge is 2.13. The smallest absolute Gasteiger partial charge is 0.338 e. The van der Waals surface area contributed by atoms with E-state index < -0.39 is 5.97 Å². The number of nitrogens with one attached hydrogen (secondary N) is 1. The van der Waals surface area contributed by atoms with Crippen LogP contribution in [0.3, 0.4) is 0 Å². The number of hydrogen-bond acceptors (Lipinski definition) is 7. The van der Waals surface area contributed by atoms with Crippen molar-refractivity contribution in [2.75, 3.05) is 11.1 Å². The fourth-order valence-electron chi connectivity index (χ4n) is 2.79. The molecular formula is C23H25N3O4S. The van der Waals surface area contributed by atoms with E-state index in [0.29, 0.717) is 28.8 Å². The van der Waals surface area contributed by atoms with Gasteiger partial charge in [-0.05, 0) is 62.6 Å². The molecule has 0 radical (unpaired) electrons. The molecule has 1 N–H and O–H groups in total. The van der Waals surface area contributed by atoms with Crippen LogP contribution in [0.5, 0.6) is 0 Å². The number of rotatable bonds is 8. The third-order valence-corrected chi connectivity index (χ3v) is 5.24. The Balaban J connectivity index is 1.52. The van der Waals surface area contributed by atoms with E-state index in [1.54, 1.807) is 38.1 Å². The average molecular weight is 440 g/mol. The molecular weight excluding hydrogens is 414 g/mol. The zero-order chi connectivity index (χ0) is 22.4. The lowest BCUT2D eigenvalue weighted by molar-refractivity contribution is -0.113. The number of carbonyl (C=O) groups is 2. The summed E-state index contributed by atoms with van der Waals surface area (Å²) >= 11 is 1.16. The van der Waals surface area contributed by atoms with Crippen molar-refractivity contribution < 1.29 is 18.7 Å². The minimum absolute atomic E-state index is 0.103. The number of nitrogens with zero attached hydrogens (tertiary/aromatic N) is 2. The number of aryl methyl sites for hydroxylation is 2. The molecule has 7 nitrogen and oxygen atoms in total. The van der Waals surface area contributed by atoms with Crippen LogP contribution in [0.4, 0.5) is 5.69 Å². The van der Waals surface area contributed by atoms with Crippen LogP contribution >= 0.6 is 11.8 Å². The minimum Gasteiger partial charge on any atom is -0.459 e. The number of carbonyl (C=O) groups excluding carboxylic acids is 2. The van der Waals surface area contributed by atoms with Crippen molar-refractivity contribution in [1.29, 1.82) is 0 Å². The number of ether oxygens (including phenoxy) is 1. The summed E-state index contributed by atoms with van der Waals surface area (Å²) in [6, 6.07) is 12.8. The first-order valence-electron chi connectivity index (χ1n) is 9.92. The Morgan fingerprint density at radius 3 is 2.65 bits per heavy atom. The first kappa shape index (κ1) is 22.6. The molecule has 0 aliphatic heterocycles. The molecule has 0 saturated heterocycles. The predicted octanol–water partition coefficient (Wildman–Crippen LogP) is 4.57. The molecule has 3 rings (SSSR count). The van der Waals surface area contributed by atoms with Gasteiger partial charge in [0.05, 0.1) is 23.8 Å². The number of thioether (sulfide) groups is 1. The van der Waals surface area contributed by atoms with Gasteiger partial charge in [-0.1, -0.05) is 36.0 Å². The molecule has 0 atom stereocenters. The summed E-state index contributed by atoms with van der Waals surface area (Å²) in [4.78, 5) is 24.3. The summed E-state index contributed by atoms with van der Waals surface area (Å²) in [5, 5.41) is 11.2. The highest BCUT2D eigenvalue weighted by molar-refractivity contribution is 7.99. The van der Waals surface area contributed by atoms with Gasteiger partial charge in [0.25, 0.3) is 5.22 Å². The van der Waals surface area contributed by atoms with E-state index in [0.717, 1.165) is 17.3 Å². The molecule has 0 unspecified atom stereocenters. The van der Waals surface area contributed by atoms with Gasteiger partial charge in [0.15, 0.2) is 0 Å². The molecule has 0 aliphatic rings. The summed E-state index contributed by atoms with van der Waals surface area (Å²) in [5.74, 6) is -0.0650. The van der Waals surface area contributed by atoms with Gasteiger partial charge in [0.2, 0.25) is 11.8 Å². The zero-order valence-corrected chi connectivity index (χ0v) is 18.8. The van der Waals surface area contributed by atoms with Gasteiger partial charge in [-0.15, -0.1) is 10.2 Å². The minimum atomic E-state index is -0.428. The van der Waals surface area contributed by atoms with Crippen LogP contribution in [0.25, 0.3) is 0 Å². The van der Waals surface area contributed by atoms with E-state index >= 15 is 0 Å². The van der Waals surface area contributed by atoms with E-state index in [1.165, 1.54) is 11.1 Å². The molecule has 8 heteroatoms. The van der Waals surface area contributed by atoms with Crippen LogP contribution in [0, 0.1) is 13.8 Å². The molecule has 1 amide bonds. The Hall–Kier alpha value is -3.13. The number of esters is 1. The Morgan fingerprint density at radius 2 is 1.90 bits per heavy atom. The van der Waals surface area contributed by atoms with E-state index in [4.69, 9.17) is 9.15 Å². The van der Waals surface area contributed by atoms with Gasteiger partial charge in [0, 0.05) is 5.69 Å². The van der Waals surface area contributed by atoms with E-state index in [2.05, 4.69) is 41.5 Å². The van der Waals surface area contributed by atoms with Crippen molar-refractivity contribution in [3.63, 3.8) is 0 Å². The molecule has 0 fully saturated rings. The summed E-state index contributed by atoms with van der Waals surface area (Å²) in [5.41, 5.74) is 4.44. The maximum atomic E-state index is 12.3. The Labute approximate surface area is 185 Å². The van der Waals surface area contributed by atoms with Crippen LogP contribution in [0.2, 0.25) is 0 Å². The molecule has 31 heavy (non-hydrogen) atoms. The zero-order valence-electron chi connectivity index (χ0n) is 18.0. The SMILES string of the molecule is Cc1ccc(Cc2nnc(SCC(=O)Nc3cccc(C(=O)OC(C)C)c3)o2)cc1C. The average Bonchev–Trinajstić information content (AvgIpc) is 3.16. The highest BCUT2D eigenvalue weighted by atomic mass is 32.2. The van der Waals surface area contributed by atoms with Crippen molar-refractivity contribution >= 4 is 29.3 Å². The fraction of sp³-hybridized carbons (Fsp3) is 0.304. The molecule has 0 spiro atoms. The monoisotopic (exact) mass is 439 g/mol. The van der Waals surface area contributed by atoms with Crippen molar-refractivity contribution in [3.05, 3.63) is 70.6 Å². The molecule has 0 bridgehead atoms. The number of aromatic nitrogens is 2. The lowest BCUT2D eigenvalue weighted by Gasteiger charge is -2.09. The number of benzene rings is 2. The highest BCUT2D eigenvalue weighted by Crippen LogP contribution is 2.20. The maximum Gasteiger partial charge on any atom is 0.338 e. The van der Waals surface area contributed by atoms with E-state index in [9.17, 15) is 9.59 Å². The Kier molecular flexibility index (Phi) is 7.46. The number of anilines is 1. The third-order valence-electron chi connectivity index (χ3n) is 4.43. The van der Waals surface area contributed by atoms with Crippen molar-refractivity contribution in [2.45, 2.75) is 45.4 Å². The van der Waals surface area contributed by atoms with E-state index in [-0.39, 0.29) is 17.8 Å². The van der Waals surface area contributed by atoms with E-state index in [1.807, 2.05) is 6.07 Å². The van der Waals surface area contributed by atoms with Crippen LogP contribution < -0.4 is 5.32 Å². The Morgan fingerprint density at radius 1 is 1.10 bits per heavy atom. The predicted molar refractivity (Wildman–Crippen MR) is 119 cm³/mol. The first-order chi connectivity index (χ1) is 14.8. The summed E-state index contributed by atoms with van der Waals surface area (Å²) in [6.07, 6.45) is 0.330. The summed E-state index contributed by atoms with van der Waals surface area (Å²) in [7, 11) is 0. The van der Waals surface area contributed by atoms with Gasteiger partial charge < -0.3 is 14.5 Å². The maximum absolute atomic E-state index is 12.3. The second kappa shape index (κ2) is 10.3. The second-order valence-corrected chi connectivity index (χ2v) is 8.36. The molecule has 1 aromatic heterocycles. The Bertz CT molecular complexity index is 1080. The molecule has 162 valence electrons. The van der Waals surface area contributed by atoms with Crippen LogP contribution in [-0.2, 0) is 16.0 Å². The van der Waals surface area contributed by atoms with Gasteiger partial charge in [-0.25, -0.2) is 4.79 Å². The third kappa shape index (κ3) is 6.68. The van der Waals surface area contributed by atoms with Crippen molar-refractivity contribution in [1.82, 2.24) is 10.2 Å². The quantitative estimate of drug-likeness (QED) is 0.406. The second-order valence-electron chi connectivity index (χ2n) is 7.43. The van der Waals surface area contributed by atoms with Crippen molar-refractivity contribution in [2.24, 2.45) is 0 Å². The molecule has 0 aliphatic carbocycles. The standard InChI is InChI=1S/C23H25N3O4S/c1-14(2)29-22(28)18-6-5-7-19(12-18)24-20(27)13-31-23-26-25-21(30-23)11-17-9-8-15(3)16(4)10-17/h5-10,12,14H,11,13H2,1-4H3,(H,24,27). The first-order valence-corrected chi connectivity index (χ1v) is 10.9. The molecule has 0 saturated carbocycles.